The van der Waals surface area contributed by atoms with Crippen LogP contribution >= 0.6 is 11.3 Å². The average Bonchev–Trinajstić information content (AvgIpc) is 2.74. The lowest BCUT2D eigenvalue weighted by atomic mass is 10.2. The topological polar surface area (TPSA) is 94.6 Å². The molecule has 7 nitrogen and oxygen atoms in total. The van der Waals surface area contributed by atoms with Gasteiger partial charge in [-0.05, 0) is 27.7 Å². The van der Waals surface area contributed by atoms with E-state index < -0.39 is 23.8 Å². The van der Waals surface area contributed by atoms with Crippen LogP contribution in [0.4, 0.5) is 9.93 Å². The van der Waals surface area contributed by atoms with Crippen molar-refractivity contribution in [2.75, 3.05) is 5.32 Å². The molecule has 0 aliphatic rings. The van der Waals surface area contributed by atoms with Crippen molar-refractivity contribution in [1.82, 2.24) is 4.98 Å². The molecule has 0 saturated heterocycles. The standard InChI is InChI=1S/C12H16N2O5S/c1-7(18-9(16)5-15)8-6-20-10(13-8)14-11(17)19-12(2,3)4/h5-7H,1-4H3,(H,13,14,17). The van der Waals surface area contributed by atoms with Crippen LogP contribution < -0.4 is 5.32 Å². The number of aromatic nitrogens is 1. The second-order valence-electron chi connectivity index (χ2n) is 4.90. The molecule has 1 unspecified atom stereocenters. The molecule has 0 radical (unpaired) electrons. The van der Waals surface area contributed by atoms with Gasteiger partial charge in [-0.15, -0.1) is 11.3 Å². The lowest BCUT2D eigenvalue weighted by Crippen LogP contribution is -2.27. The Morgan fingerprint density at radius 2 is 2.10 bits per heavy atom. The van der Waals surface area contributed by atoms with E-state index in [1.807, 2.05) is 0 Å². The van der Waals surface area contributed by atoms with Crippen LogP contribution in [0.2, 0.25) is 0 Å². The van der Waals surface area contributed by atoms with E-state index in [9.17, 15) is 14.4 Å². The van der Waals surface area contributed by atoms with Crippen LogP contribution in [0.3, 0.4) is 0 Å². The zero-order valence-corrected chi connectivity index (χ0v) is 12.4. The number of thiazole rings is 1. The summed E-state index contributed by atoms with van der Waals surface area (Å²) < 4.78 is 9.86. The quantitative estimate of drug-likeness (QED) is 0.521. The van der Waals surface area contributed by atoms with Crippen molar-refractivity contribution in [3.05, 3.63) is 11.1 Å². The van der Waals surface area contributed by atoms with Crippen LogP contribution in [0.5, 0.6) is 0 Å². The highest BCUT2D eigenvalue weighted by Crippen LogP contribution is 2.23. The van der Waals surface area contributed by atoms with E-state index in [0.717, 1.165) is 11.3 Å². The third-order valence-corrected chi connectivity index (χ3v) is 2.71. The van der Waals surface area contributed by atoms with E-state index in [-0.39, 0.29) is 6.29 Å². The lowest BCUT2D eigenvalue weighted by molar-refractivity contribution is -0.152. The number of nitrogens with zero attached hydrogens (tertiary/aromatic N) is 1. The highest BCUT2D eigenvalue weighted by Gasteiger charge is 2.19. The summed E-state index contributed by atoms with van der Waals surface area (Å²) in [5, 5.41) is 4.42. The number of rotatable bonds is 4. The number of hydrogen-bond acceptors (Lipinski definition) is 7. The van der Waals surface area contributed by atoms with Crippen molar-refractivity contribution >= 4 is 34.8 Å². The van der Waals surface area contributed by atoms with E-state index in [1.165, 1.54) is 0 Å². The minimum absolute atomic E-state index is 0.0860. The molecular formula is C12H16N2O5S. The predicted octanol–water partition coefficient (Wildman–Crippen LogP) is 2.29. The Morgan fingerprint density at radius 1 is 1.45 bits per heavy atom. The molecule has 20 heavy (non-hydrogen) atoms. The molecule has 110 valence electrons. The second kappa shape index (κ2) is 6.47. The molecule has 1 heterocycles. The summed E-state index contributed by atoms with van der Waals surface area (Å²) in [4.78, 5) is 36.6. The number of aldehydes is 1. The smallest absolute Gasteiger partial charge is 0.413 e. The van der Waals surface area contributed by atoms with Gasteiger partial charge in [-0.3, -0.25) is 10.1 Å². The van der Waals surface area contributed by atoms with Gasteiger partial charge in [0.15, 0.2) is 5.13 Å². The maximum atomic E-state index is 11.5. The van der Waals surface area contributed by atoms with Crippen molar-refractivity contribution < 1.29 is 23.9 Å². The van der Waals surface area contributed by atoms with Gasteiger partial charge >= 0.3 is 12.1 Å². The molecule has 1 atom stereocenters. The Labute approximate surface area is 120 Å². The summed E-state index contributed by atoms with van der Waals surface area (Å²) in [7, 11) is 0. The third-order valence-electron chi connectivity index (χ3n) is 1.94. The number of amides is 1. The number of hydrogen-bond donors (Lipinski definition) is 1. The molecule has 0 saturated carbocycles. The van der Waals surface area contributed by atoms with Crippen LogP contribution in [0.25, 0.3) is 0 Å². The third kappa shape index (κ3) is 5.35. The Morgan fingerprint density at radius 3 is 2.65 bits per heavy atom. The largest absolute Gasteiger partial charge is 0.451 e. The lowest BCUT2D eigenvalue weighted by Gasteiger charge is -2.18. The number of carbonyl (C=O) groups is 3. The fraction of sp³-hybridized carbons (Fsp3) is 0.500. The zero-order valence-electron chi connectivity index (χ0n) is 11.6. The highest BCUT2D eigenvalue weighted by molar-refractivity contribution is 7.13. The first-order chi connectivity index (χ1) is 9.21. The van der Waals surface area contributed by atoms with Crippen LogP contribution in [-0.4, -0.2) is 28.9 Å². The van der Waals surface area contributed by atoms with Gasteiger partial charge < -0.3 is 9.47 Å². The molecule has 0 fully saturated rings. The predicted molar refractivity (Wildman–Crippen MR) is 72.5 cm³/mol. The first kappa shape index (κ1) is 16.1. The van der Waals surface area contributed by atoms with Crippen LogP contribution in [0.15, 0.2) is 5.38 Å². The molecule has 0 aliphatic carbocycles. The molecule has 0 aliphatic heterocycles. The Balaban J connectivity index is 2.61. The maximum absolute atomic E-state index is 11.5. The maximum Gasteiger partial charge on any atom is 0.413 e. The first-order valence-corrected chi connectivity index (χ1v) is 6.70. The van der Waals surface area contributed by atoms with Crippen LogP contribution in [0, 0.1) is 0 Å². The summed E-state index contributed by atoms with van der Waals surface area (Å²) in [6.07, 6.45) is -1.20. The van der Waals surface area contributed by atoms with Gasteiger partial charge in [-0.2, -0.15) is 0 Å². The SMILES string of the molecule is CC(OC(=O)C=O)c1csc(NC(=O)OC(C)(C)C)n1. The number of nitrogens with one attached hydrogen (secondary N) is 1. The monoisotopic (exact) mass is 300 g/mol. The number of anilines is 1. The van der Waals surface area contributed by atoms with Gasteiger partial charge in [0.05, 0.1) is 5.69 Å². The number of esters is 1. The molecule has 8 heteroatoms. The Kier molecular flexibility index (Phi) is 5.20. The summed E-state index contributed by atoms with van der Waals surface area (Å²) in [5.74, 6) is -0.966. The summed E-state index contributed by atoms with van der Waals surface area (Å²) >= 11 is 1.16. The number of carbonyl (C=O) groups excluding carboxylic acids is 3. The fourth-order valence-electron chi connectivity index (χ4n) is 1.18. The molecule has 1 aromatic rings. The van der Waals surface area contributed by atoms with Gasteiger partial charge in [0.25, 0.3) is 0 Å². The molecule has 0 bridgehead atoms. The van der Waals surface area contributed by atoms with Gasteiger partial charge in [-0.25, -0.2) is 14.6 Å². The van der Waals surface area contributed by atoms with Crippen molar-refractivity contribution in [1.29, 1.82) is 0 Å². The summed E-state index contributed by atoms with van der Waals surface area (Å²) in [6.45, 7) is 6.83. The highest BCUT2D eigenvalue weighted by atomic mass is 32.1. The zero-order chi connectivity index (χ0) is 15.3. The molecule has 1 amide bonds. The van der Waals surface area contributed by atoms with E-state index in [2.05, 4.69) is 10.3 Å². The molecular weight excluding hydrogens is 284 g/mol. The van der Waals surface area contributed by atoms with E-state index in [0.29, 0.717) is 10.8 Å². The molecule has 1 rings (SSSR count). The van der Waals surface area contributed by atoms with Crippen LogP contribution in [-0.2, 0) is 19.1 Å². The van der Waals surface area contributed by atoms with Gasteiger partial charge in [-0.1, -0.05) is 0 Å². The minimum atomic E-state index is -0.966. The second-order valence-corrected chi connectivity index (χ2v) is 5.76. The molecule has 1 N–H and O–H groups in total. The molecule has 0 aromatic carbocycles. The van der Waals surface area contributed by atoms with Crippen molar-refractivity contribution in [2.24, 2.45) is 0 Å². The normalized spacial score (nSPS) is 12.4. The molecule has 1 aromatic heterocycles. The summed E-state index contributed by atoms with van der Waals surface area (Å²) in [6, 6.07) is 0. The Bertz CT molecular complexity index is 506. The van der Waals surface area contributed by atoms with Crippen molar-refractivity contribution in [3.63, 3.8) is 0 Å². The average molecular weight is 300 g/mol. The van der Waals surface area contributed by atoms with Gasteiger partial charge in [0.1, 0.15) is 11.7 Å². The van der Waals surface area contributed by atoms with Gasteiger partial charge in [0.2, 0.25) is 6.29 Å². The van der Waals surface area contributed by atoms with E-state index >= 15 is 0 Å². The van der Waals surface area contributed by atoms with Crippen molar-refractivity contribution in [3.8, 4) is 0 Å². The van der Waals surface area contributed by atoms with Crippen molar-refractivity contribution in [2.45, 2.75) is 39.4 Å². The molecule has 0 spiro atoms. The van der Waals surface area contributed by atoms with Gasteiger partial charge in [0, 0.05) is 5.38 Å². The van der Waals surface area contributed by atoms with E-state index in [1.54, 1.807) is 33.1 Å². The van der Waals surface area contributed by atoms with Crippen LogP contribution in [0.1, 0.15) is 39.5 Å². The summed E-state index contributed by atoms with van der Waals surface area (Å²) in [5.41, 5.74) is -0.159. The number of ether oxygens (including phenoxy) is 2. The fourth-order valence-corrected chi connectivity index (χ4v) is 1.96. The Hall–Kier alpha value is -1.96. The first-order valence-electron chi connectivity index (χ1n) is 5.82. The van der Waals surface area contributed by atoms with E-state index in [4.69, 9.17) is 9.47 Å². The minimum Gasteiger partial charge on any atom is -0.451 e.